The Kier molecular flexibility index (Phi) is 5.41. The van der Waals surface area contributed by atoms with E-state index in [0.29, 0.717) is 12.0 Å². The summed E-state index contributed by atoms with van der Waals surface area (Å²) in [4.78, 5) is 2.11. The van der Waals surface area contributed by atoms with Crippen LogP contribution in [0.2, 0.25) is 0 Å². The first-order valence-corrected chi connectivity index (χ1v) is 4.70. The molecule has 0 aliphatic heterocycles. The van der Waals surface area contributed by atoms with Crippen LogP contribution in [0.5, 0.6) is 0 Å². The summed E-state index contributed by atoms with van der Waals surface area (Å²) in [6, 6.07) is 2.17. The lowest BCUT2D eigenvalue weighted by Crippen LogP contribution is -2.28. The molecule has 0 aliphatic rings. The van der Waals surface area contributed by atoms with Gasteiger partial charge in [-0.1, -0.05) is 26.8 Å². The minimum Gasteiger partial charge on any atom is -0.287 e. The summed E-state index contributed by atoms with van der Waals surface area (Å²) in [6.45, 7) is 12.6. The summed E-state index contributed by atoms with van der Waals surface area (Å²) in [5, 5.41) is 8.57. The highest BCUT2D eigenvalue weighted by atomic mass is 15.1. The largest absolute Gasteiger partial charge is 0.287 e. The summed E-state index contributed by atoms with van der Waals surface area (Å²) in [5.41, 5.74) is 0.342. The first-order valence-electron chi connectivity index (χ1n) is 4.70. The van der Waals surface area contributed by atoms with Gasteiger partial charge in [0.1, 0.15) is 0 Å². The Morgan fingerprint density at radius 2 is 2.08 bits per heavy atom. The fourth-order valence-corrected chi connectivity index (χ4v) is 1.01. The molecule has 0 rings (SSSR count). The lowest BCUT2D eigenvalue weighted by Gasteiger charge is -2.23. The fraction of sp³-hybridized carbons (Fsp3) is 0.727. The smallest absolute Gasteiger partial charge is 0.0868 e. The summed E-state index contributed by atoms with van der Waals surface area (Å²) >= 11 is 0. The Labute approximate surface area is 81.9 Å². The van der Waals surface area contributed by atoms with Gasteiger partial charge >= 0.3 is 0 Å². The van der Waals surface area contributed by atoms with E-state index in [1.54, 1.807) is 0 Å². The van der Waals surface area contributed by atoms with Crippen LogP contribution in [0.25, 0.3) is 0 Å². The van der Waals surface area contributed by atoms with Crippen LogP contribution in [0.3, 0.4) is 0 Å². The molecule has 0 aromatic carbocycles. The second kappa shape index (κ2) is 5.77. The quantitative estimate of drug-likeness (QED) is 0.480. The van der Waals surface area contributed by atoms with Crippen molar-refractivity contribution in [1.29, 1.82) is 5.26 Å². The van der Waals surface area contributed by atoms with E-state index in [1.165, 1.54) is 0 Å². The Bertz CT molecular complexity index is 183. The van der Waals surface area contributed by atoms with E-state index in [2.05, 4.69) is 38.3 Å². The fourth-order valence-electron chi connectivity index (χ4n) is 1.01. The standard InChI is InChI=1S/C11H20N2/c1-5-8-13(10-7-12)9-6-11(2,3)4/h5H,1,6,8-10H2,2-4H3. The van der Waals surface area contributed by atoms with Crippen molar-refractivity contribution in [2.75, 3.05) is 19.6 Å². The molecule has 0 heterocycles. The van der Waals surface area contributed by atoms with Crippen LogP contribution in [0.15, 0.2) is 12.7 Å². The van der Waals surface area contributed by atoms with Crippen molar-refractivity contribution in [3.8, 4) is 6.07 Å². The number of nitriles is 1. The number of hydrogen-bond donors (Lipinski definition) is 0. The topological polar surface area (TPSA) is 27.0 Å². The average molecular weight is 180 g/mol. The summed E-state index contributed by atoms with van der Waals surface area (Å²) < 4.78 is 0. The molecule has 13 heavy (non-hydrogen) atoms. The number of nitrogens with zero attached hydrogens (tertiary/aromatic N) is 2. The van der Waals surface area contributed by atoms with Crippen LogP contribution in [0.1, 0.15) is 27.2 Å². The maximum atomic E-state index is 8.57. The Balaban J connectivity index is 3.83. The zero-order chi connectivity index (χ0) is 10.3. The van der Waals surface area contributed by atoms with E-state index in [0.717, 1.165) is 19.5 Å². The van der Waals surface area contributed by atoms with Crippen LogP contribution in [-0.4, -0.2) is 24.5 Å². The first kappa shape index (κ1) is 12.2. The maximum Gasteiger partial charge on any atom is 0.0868 e. The van der Waals surface area contributed by atoms with Crippen LogP contribution in [0, 0.1) is 16.7 Å². The van der Waals surface area contributed by atoms with Crippen molar-refractivity contribution in [2.45, 2.75) is 27.2 Å². The SMILES string of the molecule is C=CCN(CC#N)CCC(C)(C)C. The monoisotopic (exact) mass is 180 g/mol. The average Bonchev–Trinajstić information content (AvgIpc) is 2.00. The van der Waals surface area contributed by atoms with Crippen molar-refractivity contribution in [3.63, 3.8) is 0 Å². The molecule has 0 amide bonds. The molecule has 0 aromatic rings. The maximum absolute atomic E-state index is 8.57. The molecule has 74 valence electrons. The normalized spacial score (nSPS) is 11.3. The van der Waals surface area contributed by atoms with Gasteiger partial charge in [-0.25, -0.2) is 0 Å². The van der Waals surface area contributed by atoms with E-state index < -0.39 is 0 Å². The third kappa shape index (κ3) is 7.55. The molecule has 0 unspecified atom stereocenters. The van der Waals surface area contributed by atoms with Crippen LogP contribution < -0.4 is 0 Å². The predicted molar refractivity (Wildman–Crippen MR) is 56.3 cm³/mol. The molecular weight excluding hydrogens is 160 g/mol. The molecule has 0 saturated carbocycles. The van der Waals surface area contributed by atoms with E-state index >= 15 is 0 Å². The third-order valence-electron chi connectivity index (χ3n) is 1.86. The minimum atomic E-state index is 0.342. The van der Waals surface area contributed by atoms with Gasteiger partial charge in [0.15, 0.2) is 0 Å². The molecule has 0 aliphatic carbocycles. The van der Waals surface area contributed by atoms with Gasteiger partial charge < -0.3 is 0 Å². The second-order valence-electron chi connectivity index (χ2n) is 4.49. The second-order valence-corrected chi connectivity index (χ2v) is 4.49. The van der Waals surface area contributed by atoms with Gasteiger partial charge in [0.05, 0.1) is 12.6 Å². The predicted octanol–water partition coefficient (Wildman–Crippen LogP) is 2.43. The van der Waals surface area contributed by atoms with Gasteiger partial charge in [0.25, 0.3) is 0 Å². The number of rotatable bonds is 5. The molecule has 0 bridgehead atoms. The zero-order valence-electron chi connectivity index (χ0n) is 9.01. The molecule has 0 radical (unpaired) electrons. The highest BCUT2D eigenvalue weighted by Gasteiger charge is 2.12. The van der Waals surface area contributed by atoms with Gasteiger partial charge in [-0.2, -0.15) is 5.26 Å². The molecule has 2 heteroatoms. The molecular formula is C11H20N2. The molecule has 2 nitrogen and oxygen atoms in total. The molecule has 0 atom stereocenters. The lowest BCUT2D eigenvalue weighted by molar-refractivity contribution is 0.265. The Morgan fingerprint density at radius 1 is 1.46 bits per heavy atom. The third-order valence-corrected chi connectivity index (χ3v) is 1.86. The van der Waals surface area contributed by atoms with E-state index in [4.69, 9.17) is 5.26 Å². The van der Waals surface area contributed by atoms with Gasteiger partial charge in [-0.3, -0.25) is 4.90 Å². The highest BCUT2D eigenvalue weighted by Crippen LogP contribution is 2.18. The van der Waals surface area contributed by atoms with Crippen LogP contribution in [-0.2, 0) is 0 Å². The van der Waals surface area contributed by atoms with Crippen molar-refractivity contribution in [1.82, 2.24) is 4.90 Å². The lowest BCUT2D eigenvalue weighted by atomic mass is 9.92. The molecule has 0 saturated heterocycles. The van der Waals surface area contributed by atoms with E-state index in [1.807, 2.05) is 6.08 Å². The van der Waals surface area contributed by atoms with E-state index in [-0.39, 0.29) is 0 Å². The van der Waals surface area contributed by atoms with Gasteiger partial charge in [-0.15, -0.1) is 6.58 Å². The van der Waals surface area contributed by atoms with Crippen LogP contribution in [0.4, 0.5) is 0 Å². The van der Waals surface area contributed by atoms with Crippen molar-refractivity contribution < 1.29 is 0 Å². The molecule has 0 fully saturated rings. The highest BCUT2D eigenvalue weighted by molar-refractivity contribution is 4.82. The van der Waals surface area contributed by atoms with Gasteiger partial charge in [0.2, 0.25) is 0 Å². The van der Waals surface area contributed by atoms with Crippen LogP contribution >= 0.6 is 0 Å². The first-order chi connectivity index (χ1) is 5.99. The summed E-state index contributed by atoms with van der Waals surface area (Å²) in [7, 11) is 0. The molecule has 0 aromatic heterocycles. The summed E-state index contributed by atoms with van der Waals surface area (Å²) in [6.07, 6.45) is 2.96. The summed E-state index contributed by atoms with van der Waals surface area (Å²) in [5.74, 6) is 0. The van der Waals surface area contributed by atoms with Gasteiger partial charge in [0, 0.05) is 6.54 Å². The zero-order valence-corrected chi connectivity index (χ0v) is 9.01. The van der Waals surface area contributed by atoms with Crippen molar-refractivity contribution in [3.05, 3.63) is 12.7 Å². The van der Waals surface area contributed by atoms with E-state index in [9.17, 15) is 0 Å². The van der Waals surface area contributed by atoms with Crippen molar-refractivity contribution >= 4 is 0 Å². The minimum absolute atomic E-state index is 0.342. The van der Waals surface area contributed by atoms with Gasteiger partial charge in [-0.05, 0) is 18.4 Å². The molecule has 0 N–H and O–H groups in total. The molecule has 0 spiro atoms. The Morgan fingerprint density at radius 3 is 2.46 bits per heavy atom. The van der Waals surface area contributed by atoms with Crippen molar-refractivity contribution in [2.24, 2.45) is 5.41 Å². The number of hydrogen-bond acceptors (Lipinski definition) is 2. The Hall–Kier alpha value is -0.810.